The van der Waals surface area contributed by atoms with Crippen LogP contribution in [0, 0.1) is 6.92 Å². The lowest BCUT2D eigenvalue weighted by molar-refractivity contribution is 0.905. The van der Waals surface area contributed by atoms with Gasteiger partial charge in [-0.05, 0) is 19.4 Å². The molecule has 1 aromatic carbocycles. The molecule has 19 heavy (non-hydrogen) atoms. The van der Waals surface area contributed by atoms with Gasteiger partial charge in [0.1, 0.15) is 5.01 Å². The van der Waals surface area contributed by atoms with Crippen molar-refractivity contribution in [3.8, 4) is 11.3 Å². The van der Waals surface area contributed by atoms with E-state index >= 15 is 0 Å². The van der Waals surface area contributed by atoms with E-state index in [1.807, 2.05) is 29.2 Å². The van der Waals surface area contributed by atoms with Crippen molar-refractivity contribution in [2.24, 2.45) is 0 Å². The number of halogens is 1. The summed E-state index contributed by atoms with van der Waals surface area (Å²) in [6, 6.07) is 8.29. The zero-order valence-electron chi connectivity index (χ0n) is 11.4. The van der Waals surface area contributed by atoms with Gasteiger partial charge in [0.15, 0.2) is 0 Å². The number of thiazole rings is 1. The lowest BCUT2D eigenvalue weighted by atomic mass is 10.1. The number of hydrogen-bond donors (Lipinski definition) is 0. The monoisotopic (exact) mass is 355 g/mol. The van der Waals surface area contributed by atoms with E-state index in [-0.39, 0.29) is 0 Å². The Kier molecular flexibility index (Phi) is 5.48. The van der Waals surface area contributed by atoms with Crippen molar-refractivity contribution in [3.63, 3.8) is 0 Å². The van der Waals surface area contributed by atoms with Crippen molar-refractivity contribution >= 4 is 39.0 Å². The topological polar surface area (TPSA) is 12.9 Å². The predicted molar refractivity (Wildman–Crippen MR) is 91.0 cm³/mol. The molecule has 1 aromatic heterocycles. The Hall–Kier alpha value is -0.320. The minimum absolute atomic E-state index is 0.705. The summed E-state index contributed by atoms with van der Waals surface area (Å²) in [6.45, 7) is 6.67. The summed E-state index contributed by atoms with van der Waals surface area (Å²) in [6.07, 6.45) is 1.21. The van der Waals surface area contributed by atoms with Crippen LogP contribution in [0.4, 0.5) is 0 Å². The van der Waals surface area contributed by atoms with Crippen molar-refractivity contribution in [2.75, 3.05) is 0 Å². The molecule has 0 spiro atoms. The Morgan fingerprint density at radius 3 is 2.79 bits per heavy atom. The average molecular weight is 356 g/mol. The van der Waals surface area contributed by atoms with Crippen LogP contribution >= 0.6 is 39.0 Å². The SMILES string of the molecule is CCC(C)SCc1nc(-c2ccccc2Br)c(C)s1. The van der Waals surface area contributed by atoms with Crippen LogP contribution in [0.3, 0.4) is 0 Å². The first-order valence-corrected chi connectivity index (χ1v) is 9.10. The lowest BCUT2D eigenvalue weighted by Gasteiger charge is -2.05. The molecule has 2 rings (SSSR count). The van der Waals surface area contributed by atoms with Gasteiger partial charge in [-0.25, -0.2) is 4.98 Å². The fraction of sp³-hybridized carbons (Fsp3) is 0.400. The van der Waals surface area contributed by atoms with Crippen LogP contribution in [0.25, 0.3) is 11.3 Å². The molecule has 0 aliphatic carbocycles. The van der Waals surface area contributed by atoms with E-state index in [4.69, 9.17) is 4.98 Å². The van der Waals surface area contributed by atoms with E-state index < -0.39 is 0 Å². The first-order chi connectivity index (χ1) is 9.11. The molecule has 0 amide bonds. The molecule has 0 aliphatic rings. The Labute approximate surface area is 132 Å². The minimum Gasteiger partial charge on any atom is -0.240 e. The van der Waals surface area contributed by atoms with Crippen molar-refractivity contribution < 1.29 is 0 Å². The third-order valence-corrected chi connectivity index (χ3v) is 6.22. The first kappa shape index (κ1) is 15.1. The Balaban J connectivity index is 2.20. The second-order valence-electron chi connectivity index (χ2n) is 4.52. The van der Waals surface area contributed by atoms with E-state index in [0.717, 1.165) is 15.9 Å². The normalized spacial score (nSPS) is 12.6. The minimum atomic E-state index is 0.705. The molecule has 1 nitrogen and oxygen atoms in total. The van der Waals surface area contributed by atoms with Crippen molar-refractivity contribution in [1.29, 1.82) is 0 Å². The van der Waals surface area contributed by atoms with Crippen LogP contribution in [0.1, 0.15) is 30.2 Å². The molecule has 102 valence electrons. The van der Waals surface area contributed by atoms with Gasteiger partial charge < -0.3 is 0 Å². The molecule has 0 saturated heterocycles. The van der Waals surface area contributed by atoms with E-state index in [1.165, 1.54) is 21.9 Å². The van der Waals surface area contributed by atoms with Crippen molar-refractivity contribution in [1.82, 2.24) is 4.98 Å². The third-order valence-electron chi connectivity index (χ3n) is 3.04. The first-order valence-electron chi connectivity index (χ1n) is 6.44. The van der Waals surface area contributed by atoms with E-state index in [9.17, 15) is 0 Å². The van der Waals surface area contributed by atoms with Gasteiger partial charge in [-0.2, -0.15) is 11.8 Å². The van der Waals surface area contributed by atoms with Crippen LogP contribution in [0.5, 0.6) is 0 Å². The number of nitrogens with zero attached hydrogens (tertiary/aromatic N) is 1. The summed E-state index contributed by atoms with van der Waals surface area (Å²) < 4.78 is 1.12. The smallest absolute Gasteiger partial charge is 0.103 e. The van der Waals surface area contributed by atoms with Crippen LogP contribution in [-0.4, -0.2) is 10.2 Å². The molecule has 1 atom stereocenters. The zero-order valence-corrected chi connectivity index (χ0v) is 14.7. The molecule has 1 heterocycles. The number of hydrogen-bond acceptors (Lipinski definition) is 3. The summed E-state index contributed by atoms with van der Waals surface area (Å²) in [5.41, 5.74) is 2.31. The van der Waals surface area contributed by atoms with Crippen LogP contribution in [-0.2, 0) is 5.75 Å². The summed E-state index contributed by atoms with van der Waals surface area (Å²) in [7, 11) is 0. The molecule has 0 aliphatic heterocycles. The highest BCUT2D eigenvalue weighted by atomic mass is 79.9. The lowest BCUT2D eigenvalue weighted by Crippen LogP contribution is -1.93. The van der Waals surface area contributed by atoms with Gasteiger partial charge in [0.25, 0.3) is 0 Å². The van der Waals surface area contributed by atoms with Crippen molar-refractivity contribution in [3.05, 3.63) is 38.6 Å². The fourth-order valence-electron chi connectivity index (χ4n) is 1.75. The number of aryl methyl sites for hydroxylation is 1. The number of rotatable bonds is 5. The molecule has 1 unspecified atom stereocenters. The highest BCUT2D eigenvalue weighted by Crippen LogP contribution is 2.34. The summed E-state index contributed by atoms with van der Waals surface area (Å²) in [5.74, 6) is 1.02. The van der Waals surface area contributed by atoms with E-state index in [0.29, 0.717) is 5.25 Å². The molecule has 0 radical (unpaired) electrons. The van der Waals surface area contributed by atoms with E-state index in [2.05, 4.69) is 54.9 Å². The van der Waals surface area contributed by atoms with Crippen LogP contribution in [0.15, 0.2) is 28.7 Å². The highest BCUT2D eigenvalue weighted by Gasteiger charge is 2.12. The number of thioether (sulfide) groups is 1. The Bertz CT molecular complexity index is 551. The van der Waals surface area contributed by atoms with Gasteiger partial charge in [-0.1, -0.05) is 48.0 Å². The van der Waals surface area contributed by atoms with Gasteiger partial charge in [0, 0.05) is 25.9 Å². The fourth-order valence-corrected chi connectivity index (χ4v) is 4.13. The highest BCUT2D eigenvalue weighted by molar-refractivity contribution is 9.10. The maximum absolute atomic E-state index is 4.81. The molecule has 0 N–H and O–H groups in total. The molecular formula is C15H18BrNS2. The quantitative estimate of drug-likeness (QED) is 0.660. The van der Waals surface area contributed by atoms with Crippen LogP contribution < -0.4 is 0 Å². The van der Waals surface area contributed by atoms with Gasteiger partial charge in [-0.3, -0.25) is 0 Å². The third kappa shape index (κ3) is 3.83. The van der Waals surface area contributed by atoms with Gasteiger partial charge >= 0.3 is 0 Å². The van der Waals surface area contributed by atoms with Gasteiger partial charge in [0.2, 0.25) is 0 Å². The maximum Gasteiger partial charge on any atom is 0.103 e. The van der Waals surface area contributed by atoms with Gasteiger partial charge in [0.05, 0.1) is 5.69 Å². The standard InChI is InChI=1S/C15H18BrNS2/c1-4-10(2)18-9-14-17-15(11(3)19-14)12-7-5-6-8-13(12)16/h5-8,10H,4,9H2,1-3H3. The average Bonchev–Trinajstić information content (AvgIpc) is 2.77. The Morgan fingerprint density at radius 2 is 2.11 bits per heavy atom. The largest absolute Gasteiger partial charge is 0.240 e. The second kappa shape index (κ2) is 6.91. The molecule has 2 aromatic rings. The maximum atomic E-state index is 4.81. The molecule has 0 saturated carbocycles. The molecule has 0 fully saturated rings. The number of benzene rings is 1. The molecule has 0 bridgehead atoms. The molecular weight excluding hydrogens is 338 g/mol. The van der Waals surface area contributed by atoms with Crippen LogP contribution in [0.2, 0.25) is 0 Å². The Morgan fingerprint density at radius 1 is 1.37 bits per heavy atom. The molecule has 4 heteroatoms. The van der Waals surface area contributed by atoms with Gasteiger partial charge in [-0.15, -0.1) is 11.3 Å². The van der Waals surface area contributed by atoms with E-state index in [1.54, 1.807) is 0 Å². The zero-order chi connectivity index (χ0) is 13.8. The summed E-state index contributed by atoms with van der Waals surface area (Å²) >= 11 is 7.41. The number of aromatic nitrogens is 1. The summed E-state index contributed by atoms with van der Waals surface area (Å²) in [4.78, 5) is 6.11. The van der Waals surface area contributed by atoms with Crippen molar-refractivity contribution in [2.45, 2.75) is 38.2 Å². The second-order valence-corrected chi connectivity index (χ2v) is 8.09. The summed E-state index contributed by atoms with van der Waals surface area (Å²) in [5, 5.41) is 1.93. The predicted octanol–water partition coefficient (Wildman–Crippen LogP) is 5.91.